The Morgan fingerprint density at radius 1 is 0.815 bits per heavy atom. The molecule has 0 aliphatic carbocycles. The van der Waals surface area contributed by atoms with E-state index in [1.54, 1.807) is 6.21 Å². The van der Waals surface area contributed by atoms with Crippen molar-refractivity contribution in [1.29, 1.82) is 0 Å². The minimum atomic E-state index is 0.0927. The lowest BCUT2D eigenvalue weighted by Crippen LogP contribution is -1.81. The maximum Gasteiger partial charge on any atom is 0.227 e. The van der Waals surface area contributed by atoms with Crippen LogP contribution in [0.2, 0.25) is 0 Å². The number of nitrogens with one attached hydrogen (secondary N) is 2. The second kappa shape index (κ2) is 6.14. The molecule has 3 N–H and O–H groups in total. The Morgan fingerprint density at radius 2 is 1.63 bits per heavy atom. The van der Waals surface area contributed by atoms with Crippen molar-refractivity contribution in [3.63, 3.8) is 0 Å². The number of hydrogen-bond acceptors (Lipinski definition) is 3. The first-order valence-corrected chi connectivity index (χ1v) is 8.67. The van der Waals surface area contributed by atoms with Crippen molar-refractivity contribution in [1.82, 2.24) is 15.0 Å². The molecular weight excluding hydrogens is 336 g/mol. The zero-order valence-corrected chi connectivity index (χ0v) is 14.3. The van der Waals surface area contributed by atoms with E-state index in [0.29, 0.717) is 11.5 Å². The molecule has 0 saturated carbocycles. The van der Waals surface area contributed by atoms with Crippen molar-refractivity contribution in [2.45, 2.75) is 0 Å². The maximum atomic E-state index is 10.3. The fourth-order valence-corrected chi connectivity index (χ4v) is 3.27. The lowest BCUT2D eigenvalue weighted by atomic mass is 10.0. The molecule has 2 aromatic heterocycles. The highest BCUT2D eigenvalue weighted by Crippen LogP contribution is 2.30. The van der Waals surface area contributed by atoms with Crippen molar-refractivity contribution in [2.75, 3.05) is 0 Å². The van der Waals surface area contributed by atoms with Gasteiger partial charge in [-0.25, -0.2) is 9.98 Å². The van der Waals surface area contributed by atoms with Gasteiger partial charge >= 0.3 is 0 Å². The van der Waals surface area contributed by atoms with Crippen LogP contribution in [0.4, 0.5) is 5.95 Å². The molecule has 0 amide bonds. The van der Waals surface area contributed by atoms with Crippen LogP contribution in [0.3, 0.4) is 0 Å². The van der Waals surface area contributed by atoms with Gasteiger partial charge in [-0.3, -0.25) is 0 Å². The number of benzene rings is 3. The fraction of sp³-hybridized carbons (Fsp3) is 0. The number of aliphatic imine (C=N–C) groups is 1. The van der Waals surface area contributed by atoms with Crippen molar-refractivity contribution in [3.05, 3.63) is 78.4 Å². The average Bonchev–Trinajstić information content (AvgIpc) is 3.26. The predicted molar refractivity (Wildman–Crippen MR) is 109 cm³/mol. The van der Waals surface area contributed by atoms with Crippen LogP contribution in [0, 0.1) is 0 Å². The summed E-state index contributed by atoms with van der Waals surface area (Å²) in [6, 6.07) is 24.0. The molecule has 0 aliphatic rings. The molecule has 130 valence electrons. The first-order chi connectivity index (χ1) is 13.3. The van der Waals surface area contributed by atoms with Crippen molar-refractivity contribution < 1.29 is 5.11 Å². The van der Waals surface area contributed by atoms with Gasteiger partial charge in [0.2, 0.25) is 5.95 Å². The third-order valence-electron chi connectivity index (χ3n) is 4.62. The second-order valence-corrected chi connectivity index (χ2v) is 6.35. The first-order valence-electron chi connectivity index (χ1n) is 8.67. The minimum Gasteiger partial charge on any atom is -0.494 e. The van der Waals surface area contributed by atoms with Gasteiger partial charge in [-0.05, 0) is 29.3 Å². The maximum absolute atomic E-state index is 10.3. The summed E-state index contributed by atoms with van der Waals surface area (Å²) < 4.78 is 0. The zero-order valence-electron chi connectivity index (χ0n) is 14.3. The van der Waals surface area contributed by atoms with Gasteiger partial charge in [-0.15, -0.1) is 0 Å². The summed E-state index contributed by atoms with van der Waals surface area (Å²) in [4.78, 5) is 15.0. The van der Waals surface area contributed by atoms with Crippen LogP contribution in [-0.2, 0) is 0 Å². The van der Waals surface area contributed by atoms with E-state index in [1.165, 1.54) is 0 Å². The first kappa shape index (κ1) is 15.4. The number of nitrogens with zero attached hydrogens (tertiary/aromatic N) is 2. The van der Waals surface area contributed by atoms with Gasteiger partial charge in [0.05, 0.1) is 16.6 Å². The molecule has 27 heavy (non-hydrogen) atoms. The summed E-state index contributed by atoms with van der Waals surface area (Å²) in [5, 5.41) is 11.2. The average molecular weight is 352 g/mol. The largest absolute Gasteiger partial charge is 0.494 e. The standard InChI is InChI=1S/C22H16N4O/c27-21-17(13-23-22-25-18-8-4-5-9-19(18)26-22)16-11-10-15(12-20(16)24-21)14-6-2-1-3-7-14/h1-13,24,27H,(H,25,26)/b23-13+. The van der Waals surface area contributed by atoms with E-state index in [4.69, 9.17) is 0 Å². The smallest absolute Gasteiger partial charge is 0.227 e. The number of H-pyrrole nitrogens is 2. The van der Waals surface area contributed by atoms with Gasteiger partial charge in [0.1, 0.15) is 0 Å². The molecule has 5 aromatic rings. The molecule has 2 heterocycles. The highest BCUT2D eigenvalue weighted by atomic mass is 16.3. The molecule has 0 spiro atoms. The second-order valence-electron chi connectivity index (χ2n) is 6.35. The van der Waals surface area contributed by atoms with E-state index in [0.717, 1.165) is 33.1 Å². The Hall–Kier alpha value is -3.86. The minimum absolute atomic E-state index is 0.0927. The quantitative estimate of drug-likeness (QED) is 0.392. The fourth-order valence-electron chi connectivity index (χ4n) is 3.27. The van der Waals surface area contributed by atoms with Gasteiger partial charge in [0, 0.05) is 17.1 Å². The number of aromatic amines is 2. The Balaban J connectivity index is 1.54. The van der Waals surface area contributed by atoms with Crippen molar-refractivity contribution >= 4 is 34.1 Å². The van der Waals surface area contributed by atoms with E-state index >= 15 is 0 Å². The lowest BCUT2D eigenvalue weighted by Gasteiger charge is -2.01. The zero-order chi connectivity index (χ0) is 18.2. The summed E-state index contributed by atoms with van der Waals surface area (Å²) in [6.45, 7) is 0. The third kappa shape index (κ3) is 2.75. The normalized spacial score (nSPS) is 11.7. The highest BCUT2D eigenvalue weighted by Gasteiger charge is 2.10. The Morgan fingerprint density at radius 3 is 2.48 bits per heavy atom. The molecule has 0 bridgehead atoms. The summed E-state index contributed by atoms with van der Waals surface area (Å²) in [5.41, 5.74) is 5.52. The van der Waals surface area contributed by atoms with E-state index < -0.39 is 0 Å². The lowest BCUT2D eigenvalue weighted by molar-refractivity contribution is 0.457. The SMILES string of the molecule is Oc1[nH]c2cc(-c3ccccc3)ccc2c1/C=N/c1nc2ccccc2[nH]1. The van der Waals surface area contributed by atoms with E-state index in [2.05, 4.69) is 32.1 Å². The predicted octanol–water partition coefficient (Wildman–Crippen LogP) is 5.17. The van der Waals surface area contributed by atoms with Crippen LogP contribution in [-0.4, -0.2) is 26.3 Å². The Bertz CT molecular complexity index is 1250. The molecule has 0 atom stereocenters. The summed E-state index contributed by atoms with van der Waals surface area (Å²) >= 11 is 0. The van der Waals surface area contributed by atoms with Crippen LogP contribution in [0.5, 0.6) is 5.88 Å². The van der Waals surface area contributed by atoms with Crippen LogP contribution >= 0.6 is 0 Å². The molecular formula is C22H16N4O. The van der Waals surface area contributed by atoms with Crippen LogP contribution in [0.1, 0.15) is 5.56 Å². The van der Waals surface area contributed by atoms with Gasteiger partial charge < -0.3 is 15.1 Å². The van der Waals surface area contributed by atoms with Gasteiger partial charge in [-0.2, -0.15) is 0 Å². The van der Waals surface area contributed by atoms with E-state index in [9.17, 15) is 5.11 Å². The number of hydrogen-bond donors (Lipinski definition) is 3. The highest BCUT2D eigenvalue weighted by molar-refractivity contribution is 6.03. The summed E-state index contributed by atoms with van der Waals surface area (Å²) in [7, 11) is 0. The summed E-state index contributed by atoms with van der Waals surface area (Å²) in [5.74, 6) is 0.598. The molecule has 0 radical (unpaired) electrons. The monoisotopic (exact) mass is 352 g/mol. The molecule has 0 unspecified atom stereocenters. The molecule has 0 fully saturated rings. The van der Waals surface area contributed by atoms with Gasteiger partial charge in [-0.1, -0.05) is 54.6 Å². The number of aromatic nitrogens is 3. The molecule has 3 aromatic carbocycles. The number of aromatic hydroxyl groups is 1. The number of fused-ring (bicyclic) bond motifs is 2. The van der Waals surface area contributed by atoms with E-state index in [1.807, 2.05) is 60.7 Å². The molecule has 0 saturated heterocycles. The summed E-state index contributed by atoms with van der Waals surface area (Å²) in [6.07, 6.45) is 1.63. The molecule has 0 aliphatic heterocycles. The van der Waals surface area contributed by atoms with Gasteiger partial charge in [0.15, 0.2) is 5.88 Å². The Labute approximate surface area is 155 Å². The van der Waals surface area contributed by atoms with Gasteiger partial charge in [0.25, 0.3) is 0 Å². The van der Waals surface area contributed by atoms with Crippen molar-refractivity contribution in [3.8, 4) is 17.0 Å². The topological polar surface area (TPSA) is 77.1 Å². The third-order valence-corrected chi connectivity index (χ3v) is 4.62. The molecule has 5 heteroatoms. The Kier molecular flexibility index (Phi) is 3.50. The van der Waals surface area contributed by atoms with E-state index in [-0.39, 0.29) is 5.88 Å². The number of para-hydroxylation sites is 2. The van der Waals surface area contributed by atoms with Crippen LogP contribution in [0.25, 0.3) is 33.1 Å². The van der Waals surface area contributed by atoms with Crippen molar-refractivity contribution in [2.24, 2.45) is 4.99 Å². The van der Waals surface area contributed by atoms with Crippen LogP contribution < -0.4 is 0 Å². The molecule has 5 rings (SSSR count). The molecule has 5 nitrogen and oxygen atoms in total. The van der Waals surface area contributed by atoms with Crippen LogP contribution in [0.15, 0.2) is 77.8 Å². The number of imidazole rings is 1. The number of rotatable bonds is 3.